The van der Waals surface area contributed by atoms with Crippen molar-refractivity contribution in [3.63, 3.8) is 0 Å². The van der Waals surface area contributed by atoms with E-state index < -0.39 is 0 Å². The summed E-state index contributed by atoms with van der Waals surface area (Å²) in [7, 11) is 0. The van der Waals surface area contributed by atoms with Gasteiger partial charge in [0.1, 0.15) is 0 Å². The van der Waals surface area contributed by atoms with Crippen molar-refractivity contribution in [2.75, 3.05) is 13.1 Å². The first-order chi connectivity index (χ1) is 9.24. The van der Waals surface area contributed by atoms with Crippen LogP contribution in [0.4, 0.5) is 0 Å². The number of aryl methyl sites for hydroxylation is 1. The van der Waals surface area contributed by atoms with E-state index in [4.69, 9.17) is 0 Å². The lowest BCUT2D eigenvalue weighted by Gasteiger charge is -2.25. The molecule has 2 fully saturated rings. The summed E-state index contributed by atoms with van der Waals surface area (Å²) in [6, 6.07) is 6.59. The molecule has 1 saturated heterocycles. The van der Waals surface area contributed by atoms with Crippen LogP contribution in [0.5, 0.6) is 0 Å². The van der Waals surface area contributed by atoms with Gasteiger partial charge in [-0.1, -0.05) is 6.07 Å². The first-order valence-electron chi connectivity index (χ1n) is 7.36. The van der Waals surface area contributed by atoms with Crippen molar-refractivity contribution < 1.29 is 4.79 Å². The highest BCUT2D eigenvalue weighted by Crippen LogP contribution is 2.29. The van der Waals surface area contributed by atoms with Crippen LogP contribution in [0.2, 0.25) is 0 Å². The molecule has 3 nitrogen and oxygen atoms in total. The molecule has 3 heteroatoms. The summed E-state index contributed by atoms with van der Waals surface area (Å²) in [4.78, 5) is 12.1. The zero-order valence-electron chi connectivity index (χ0n) is 11.5. The highest BCUT2D eigenvalue weighted by molar-refractivity contribution is 5.94. The number of hydrogen-bond donors (Lipinski definition) is 2. The zero-order valence-corrected chi connectivity index (χ0v) is 11.5. The molecule has 1 aromatic carbocycles. The van der Waals surface area contributed by atoms with E-state index in [0.29, 0.717) is 12.0 Å². The summed E-state index contributed by atoms with van der Waals surface area (Å²) in [5.74, 6) is 0.701. The largest absolute Gasteiger partial charge is 0.349 e. The number of carbonyl (C=O) groups is 1. The van der Waals surface area contributed by atoms with Crippen molar-refractivity contribution >= 4 is 5.91 Å². The summed E-state index contributed by atoms with van der Waals surface area (Å²) in [6.07, 6.45) is 4.63. The predicted octanol–water partition coefficient (Wildman–Crippen LogP) is 2.35. The van der Waals surface area contributed by atoms with E-state index in [-0.39, 0.29) is 5.91 Å². The molecule has 19 heavy (non-hydrogen) atoms. The molecule has 1 aromatic rings. The first-order valence-corrected chi connectivity index (χ1v) is 7.36. The highest BCUT2D eigenvalue weighted by Gasteiger charge is 2.24. The molecular formula is C16H22N2O. The second kappa shape index (κ2) is 5.33. The highest BCUT2D eigenvalue weighted by atomic mass is 16.1. The van der Waals surface area contributed by atoms with Gasteiger partial charge >= 0.3 is 0 Å². The van der Waals surface area contributed by atoms with Gasteiger partial charge in [0.25, 0.3) is 5.91 Å². The topological polar surface area (TPSA) is 41.1 Å². The number of benzene rings is 1. The minimum absolute atomic E-state index is 0.0951. The second-order valence-electron chi connectivity index (χ2n) is 5.84. The summed E-state index contributed by atoms with van der Waals surface area (Å²) in [5.41, 5.74) is 3.51. The van der Waals surface area contributed by atoms with Gasteiger partial charge in [0.15, 0.2) is 0 Å². The van der Waals surface area contributed by atoms with Crippen LogP contribution in [0.25, 0.3) is 0 Å². The van der Waals surface area contributed by atoms with Crippen molar-refractivity contribution in [2.45, 2.75) is 44.6 Å². The Hall–Kier alpha value is -1.35. The second-order valence-corrected chi connectivity index (χ2v) is 5.84. The predicted molar refractivity (Wildman–Crippen MR) is 76.5 cm³/mol. The fraction of sp³-hybridized carbons (Fsp3) is 0.562. The molecular weight excluding hydrogens is 236 g/mol. The Kier molecular flexibility index (Phi) is 3.56. The lowest BCUT2D eigenvalue weighted by molar-refractivity contribution is 0.0951. The number of hydrogen-bond acceptors (Lipinski definition) is 2. The molecule has 0 bridgehead atoms. The van der Waals surface area contributed by atoms with Gasteiger partial charge in [-0.05, 0) is 74.9 Å². The average molecular weight is 258 g/mol. The van der Waals surface area contributed by atoms with Crippen LogP contribution < -0.4 is 10.6 Å². The molecule has 0 spiro atoms. The van der Waals surface area contributed by atoms with Crippen LogP contribution in [0.1, 0.15) is 53.1 Å². The van der Waals surface area contributed by atoms with E-state index in [2.05, 4.69) is 29.7 Å². The molecule has 102 valence electrons. The fourth-order valence-corrected chi connectivity index (χ4v) is 2.85. The van der Waals surface area contributed by atoms with Crippen molar-refractivity contribution in [1.82, 2.24) is 10.6 Å². The average Bonchev–Trinajstić information content (AvgIpc) is 3.24. The first kappa shape index (κ1) is 12.7. The molecule has 0 atom stereocenters. The van der Waals surface area contributed by atoms with Crippen molar-refractivity contribution in [2.24, 2.45) is 0 Å². The summed E-state index contributed by atoms with van der Waals surface area (Å²) < 4.78 is 0. The van der Waals surface area contributed by atoms with Gasteiger partial charge in [-0.25, -0.2) is 0 Å². The number of amides is 1. The third-order valence-corrected chi connectivity index (χ3v) is 4.23. The Labute approximate surface area is 114 Å². The van der Waals surface area contributed by atoms with E-state index in [9.17, 15) is 4.79 Å². The van der Waals surface area contributed by atoms with E-state index in [1.165, 1.54) is 24.0 Å². The van der Waals surface area contributed by atoms with Crippen LogP contribution in [0.3, 0.4) is 0 Å². The van der Waals surface area contributed by atoms with Crippen molar-refractivity contribution in [3.8, 4) is 0 Å². The lowest BCUT2D eigenvalue weighted by atomic mass is 9.86. The van der Waals surface area contributed by atoms with Crippen LogP contribution in [0, 0.1) is 6.92 Å². The third kappa shape index (κ3) is 2.98. The summed E-state index contributed by atoms with van der Waals surface area (Å²) in [6.45, 7) is 4.32. The SMILES string of the molecule is Cc1ccc(C(=O)NC2CC2)cc1C1CCNCC1. The van der Waals surface area contributed by atoms with Gasteiger partial charge in [-0.15, -0.1) is 0 Å². The van der Waals surface area contributed by atoms with E-state index >= 15 is 0 Å². The normalized spacial score (nSPS) is 20.3. The summed E-state index contributed by atoms with van der Waals surface area (Å²) in [5, 5.41) is 6.46. The molecule has 1 aliphatic carbocycles. The Morgan fingerprint density at radius 1 is 1.21 bits per heavy atom. The van der Waals surface area contributed by atoms with E-state index in [0.717, 1.165) is 31.5 Å². The number of carbonyl (C=O) groups excluding carboxylic acids is 1. The number of piperidine rings is 1. The van der Waals surface area contributed by atoms with Gasteiger partial charge in [0, 0.05) is 11.6 Å². The monoisotopic (exact) mass is 258 g/mol. The van der Waals surface area contributed by atoms with E-state index in [1.807, 2.05) is 6.07 Å². The molecule has 1 aliphatic heterocycles. The molecule has 3 rings (SSSR count). The van der Waals surface area contributed by atoms with Gasteiger partial charge in [0.2, 0.25) is 0 Å². The van der Waals surface area contributed by atoms with Crippen molar-refractivity contribution in [3.05, 3.63) is 34.9 Å². The molecule has 0 aromatic heterocycles. The van der Waals surface area contributed by atoms with Gasteiger partial charge in [0.05, 0.1) is 0 Å². The zero-order chi connectivity index (χ0) is 13.2. The maximum atomic E-state index is 12.1. The third-order valence-electron chi connectivity index (χ3n) is 4.23. The van der Waals surface area contributed by atoms with Crippen LogP contribution in [0.15, 0.2) is 18.2 Å². The van der Waals surface area contributed by atoms with Crippen LogP contribution >= 0.6 is 0 Å². The maximum absolute atomic E-state index is 12.1. The maximum Gasteiger partial charge on any atom is 0.251 e. The Balaban J connectivity index is 1.79. The number of rotatable bonds is 3. The van der Waals surface area contributed by atoms with E-state index in [1.54, 1.807) is 0 Å². The van der Waals surface area contributed by atoms with Gasteiger partial charge in [-0.2, -0.15) is 0 Å². The Morgan fingerprint density at radius 3 is 2.63 bits per heavy atom. The minimum Gasteiger partial charge on any atom is -0.349 e. The van der Waals surface area contributed by atoms with Crippen LogP contribution in [-0.2, 0) is 0 Å². The Bertz CT molecular complexity index is 474. The quantitative estimate of drug-likeness (QED) is 0.874. The lowest BCUT2D eigenvalue weighted by Crippen LogP contribution is -2.28. The molecule has 0 radical (unpaired) electrons. The van der Waals surface area contributed by atoms with Crippen molar-refractivity contribution in [1.29, 1.82) is 0 Å². The summed E-state index contributed by atoms with van der Waals surface area (Å²) >= 11 is 0. The van der Waals surface area contributed by atoms with Crippen LogP contribution in [-0.4, -0.2) is 25.0 Å². The Morgan fingerprint density at radius 2 is 1.95 bits per heavy atom. The molecule has 0 unspecified atom stereocenters. The smallest absolute Gasteiger partial charge is 0.251 e. The molecule has 2 aliphatic rings. The minimum atomic E-state index is 0.0951. The number of nitrogens with one attached hydrogen (secondary N) is 2. The van der Waals surface area contributed by atoms with Gasteiger partial charge < -0.3 is 10.6 Å². The molecule has 1 amide bonds. The standard InChI is InChI=1S/C16H22N2O/c1-11-2-3-13(16(19)18-14-4-5-14)10-15(11)12-6-8-17-9-7-12/h2-3,10,12,14,17H,4-9H2,1H3,(H,18,19). The molecule has 1 heterocycles. The van der Waals surface area contributed by atoms with Gasteiger partial charge in [-0.3, -0.25) is 4.79 Å². The molecule has 1 saturated carbocycles. The fourth-order valence-electron chi connectivity index (χ4n) is 2.85. The molecule has 2 N–H and O–H groups in total.